The molecule has 0 unspecified atom stereocenters. The summed E-state index contributed by atoms with van der Waals surface area (Å²) in [5, 5.41) is 9.94. The molecular weight excluding hydrogens is 202 g/mol. The Hall–Kier alpha value is -0.770. The van der Waals surface area contributed by atoms with Crippen molar-refractivity contribution in [2.75, 3.05) is 7.11 Å². The second-order valence-corrected chi connectivity index (χ2v) is 3.59. The lowest BCUT2D eigenvalue weighted by Crippen LogP contribution is -2.23. The standard InChI is InChI=1S/C10H14ClNO2/c1-6(13)10(12)8-5-7(11)3-4-9(8)14-2/h3-6,10,13H,12H2,1-2H3/t6-,10+/m0/s1. The van der Waals surface area contributed by atoms with Crippen molar-refractivity contribution in [3.05, 3.63) is 28.8 Å². The highest BCUT2D eigenvalue weighted by Gasteiger charge is 2.16. The normalized spacial score (nSPS) is 14.9. The van der Waals surface area contributed by atoms with Crippen molar-refractivity contribution in [1.82, 2.24) is 0 Å². The molecule has 0 heterocycles. The maximum absolute atomic E-state index is 9.36. The first-order valence-corrected chi connectivity index (χ1v) is 4.71. The number of nitrogens with two attached hydrogens (primary N) is 1. The molecule has 78 valence electrons. The first kappa shape index (κ1) is 11.3. The Morgan fingerprint density at radius 3 is 2.64 bits per heavy atom. The van der Waals surface area contributed by atoms with Crippen molar-refractivity contribution in [3.8, 4) is 5.75 Å². The molecule has 0 radical (unpaired) electrons. The van der Waals surface area contributed by atoms with Crippen LogP contribution in [0.4, 0.5) is 0 Å². The lowest BCUT2D eigenvalue weighted by molar-refractivity contribution is 0.162. The predicted octanol–water partition coefficient (Wildman–Crippen LogP) is 1.73. The van der Waals surface area contributed by atoms with Gasteiger partial charge >= 0.3 is 0 Å². The van der Waals surface area contributed by atoms with E-state index >= 15 is 0 Å². The quantitative estimate of drug-likeness (QED) is 0.808. The molecule has 0 saturated carbocycles. The number of benzene rings is 1. The Balaban J connectivity index is 3.10. The van der Waals surface area contributed by atoms with E-state index in [4.69, 9.17) is 22.1 Å². The van der Waals surface area contributed by atoms with Crippen LogP contribution in [0.3, 0.4) is 0 Å². The van der Waals surface area contributed by atoms with E-state index < -0.39 is 12.1 Å². The van der Waals surface area contributed by atoms with Crippen molar-refractivity contribution >= 4 is 11.6 Å². The van der Waals surface area contributed by atoms with Crippen LogP contribution in [0.5, 0.6) is 5.75 Å². The Morgan fingerprint density at radius 2 is 2.14 bits per heavy atom. The first-order valence-electron chi connectivity index (χ1n) is 4.33. The summed E-state index contributed by atoms with van der Waals surface area (Å²) in [5.74, 6) is 0.641. The van der Waals surface area contributed by atoms with E-state index in [9.17, 15) is 5.11 Å². The molecule has 0 aliphatic rings. The van der Waals surface area contributed by atoms with Crippen molar-refractivity contribution in [2.45, 2.75) is 19.1 Å². The monoisotopic (exact) mass is 215 g/mol. The molecule has 0 saturated heterocycles. The van der Waals surface area contributed by atoms with Crippen molar-refractivity contribution in [2.24, 2.45) is 5.73 Å². The fraction of sp³-hybridized carbons (Fsp3) is 0.400. The minimum Gasteiger partial charge on any atom is -0.496 e. The maximum Gasteiger partial charge on any atom is 0.123 e. The molecule has 0 aliphatic carbocycles. The van der Waals surface area contributed by atoms with Gasteiger partial charge in [-0.15, -0.1) is 0 Å². The van der Waals surface area contributed by atoms with Gasteiger partial charge in [-0.3, -0.25) is 0 Å². The Labute approximate surface area is 88.4 Å². The number of aliphatic hydroxyl groups is 1. The smallest absolute Gasteiger partial charge is 0.123 e. The highest BCUT2D eigenvalue weighted by atomic mass is 35.5. The summed E-state index contributed by atoms with van der Waals surface area (Å²) in [6.07, 6.45) is -0.637. The van der Waals surface area contributed by atoms with Gasteiger partial charge in [0.05, 0.1) is 19.3 Å². The van der Waals surface area contributed by atoms with Crippen LogP contribution in [-0.2, 0) is 0 Å². The Kier molecular flexibility index (Phi) is 3.75. The van der Waals surface area contributed by atoms with Crippen LogP contribution < -0.4 is 10.5 Å². The molecule has 0 aromatic heterocycles. The lowest BCUT2D eigenvalue weighted by atomic mass is 10.0. The van der Waals surface area contributed by atoms with Gasteiger partial charge in [0, 0.05) is 10.6 Å². The molecule has 0 aliphatic heterocycles. The van der Waals surface area contributed by atoms with Crippen LogP contribution in [0.15, 0.2) is 18.2 Å². The predicted molar refractivity (Wildman–Crippen MR) is 56.6 cm³/mol. The highest BCUT2D eigenvalue weighted by Crippen LogP contribution is 2.28. The summed E-state index contributed by atoms with van der Waals surface area (Å²) in [5.41, 5.74) is 6.51. The second-order valence-electron chi connectivity index (χ2n) is 3.15. The summed E-state index contributed by atoms with van der Waals surface area (Å²) in [7, 11) is 1.56. The molecule has 1 aromatic rings. The van der Waals surface area contributed by atoms with Crippen LogP contribution in [0.2, 0.25) is 5.02 Å². The van der Waals surface area contributed by atoms with E-state index in [0.717, 1.165) is 5.56 Å². The largest absolute Gasteiger partial charge is 0.496 e. The summed E-state index contributed by atoms with van der Waals surface area (Å²) in [4.78, 5) is 0. The van der Waals surface area contributed by atoms with E-state index in [1.807, 2.05) is 0 Å². The van der Waals surface area contributed by atoms with Gasteiger partial charge in [0.2, 0.25) is 0 Å². The van der Waals surface area contributed by atoms with Gasteiger partial charge < -0.3 is 15.6 Å². The fourth-order valence-electron chi connectivity index (χ4n) is 1.23. The van der Waals surface area contributed by atoms with Crippen LogP contribution in [0.1, 0.15) is 18.5 Å². The van der Waals surface area contributed by atoms with Gasteiger partial charge in [0.15, 0.2) is 0 Å². The average molecular weight is 216 g/mol. The maximum atomic E-state index is 9.36. The summed E-state index contributed by atoms with van der Waals surface area (Å²) < 4.78 is 5.12. The van der Waals surface area contributed by atoms with Gasteiger partial charge in [-0.2, -0.15) is 0 Å². The third-order valence-electron chi connectivity index (χ3n) is 2.07. The number of halogens is 1. The average Bonchev–Trinajstić information content (AvgIpc) is 2.16. The van der Waals surface area contributed by atoms with E-state index in [2.05, 4.69) is 0 Å². The Bertz CT molecular complexity index is 315. The zero-order valence-corrected chi connectivity index (χ0v) is 8.95. The number of hydrogen-bond acceptors (Lipinski definition) is 3. The number of ether oxygens (including phenoxy) is 1. The molecule has 2 atom stereocenters. The minimum absolute atomic E-state index is 0.483. The molecule has 0 spiro atoms. The van der Waals surface area contributed by atoms with Crippen LogP contribution in [-0.4, -0.2) is 18.3 Å². The lowest BCUT2D eigenvalue weighted by Gasteiger charge is -2.18. The third-order valence-corrected chi connectivity index (χ3v) is 2.31. The number of aliphatic hydroxyl groups excluding tert-OH is 1. The van der Waals surface area contributed by atoms with Crippen molar-refractivity contribution < 1.29 is 9.84 Å². The number of hydrogen-bond donors (Lipinski definition) is 2. The molecule has 3 N–H and O–H groups in total. The first-order chi connectivity index (χ1) is 6.56. The third kappa shape index (κ3) is 2.38. The fourth-order valence-corrected chi connectivity index (χ4v) is 1.41. The van der Waals surface area contributed by atoms with Crippen molar-refractivity contribution in [1.29, 1.82) is 0 Å². The van der Waals surface area contributed by atoms with Gasteiger partial charge in [0.1, 0.15) is 5.75 Å². The number of methoxy groups -OCH3 is 1. The molecule has 0 fully saturated rings. The zero-order valence-electron chi connectivity index (χ0n) is 8.20. The summed E-state index contributed by atoms with van der Waals surface area (Å²) in [6, 6.07) is 4.68. The van der Waals surface area contributed by atoms with Gasteiger partial charge in [-0.25, -0.2) is 0 Å². The molecule has 1 aromatic carbocycles. The molecule has 3 nitrogen and oxygen atoms in total. The van der Waals surface area contributed by atoms with E-state index in [1.165, 1.54) is 0 Å². The Morgan fingerprint density at radius 1 is 1.50 bits per heavy atom. The molecule has 14 heavy (non-hydrogen) atoms. The van der Waals surface area contributed by atoms with E-state index in [1.54, 1.807) is 32.2 Å². The minimum atomic E-state index is -0.637. The van der Waals surface area contributed by atoms with Gasteiger partial charge in [-0.1, -0.05) is 11.6 Å². The number of rotatable bonds is 3. The zero-order chi connectivity index (χ0) is 10.7. The van der Waals surface area contributed by atoms with Crippen LogP contribution in [0, 0.1) is 0 Å². The van der Waals surface area contributed by atoms with Gasteiger partial charge in [0.25, 0.3) is 0 Å². The van der Waals surface area contributed by atoms with Crippen LogP contribution >= 0.6 is 11.6 Å². The highest BCUT2D eigenvalue weighted by molar-refractivity contribution is 6.30. The van der Waals surface area contributed by atoms with Crippen molar-refractivity contribution in [3.63, 3.8) is 0 Å². The SMILES string of the molecule is COc1ccc(Cl)cc1[C@H](N)[C@H](C)O. The molecule has 0 amide bonds. The second kappa shape index (κ2) is 4.64. The molecule has 0 bridgehead atoms. The summed E-state index contributed by atoms with van der Waals surface area (Å²) >= 11 is 5.83. The summed E-state index contributed by atoms with van der Waals surface area (Å²) in [6.45, 7) is 1.63. The molecule has 4 heteroatoms. The van der Waals surface area contributed by atoms with E-state index in [0.29, 0.717) is 10.8 Å². The van der Waals surface area contributed by atoms with E-state index in [-0.39, 0.29) is 0 Å². The topological polar surface area (TPSA) is 55.5 Å². The van der Waals surface area contributed by atoms with Crippen LogP contribution in [0.25, 0.3) is 0 Å². The molecule has 1 rings (SSSR count). The molecular formula is C10H14ClNO2. The van der Waals surface area contributed by atoms with Gasteiger partial charge in [-0.05, 0) is 25.1 Å².